The van der Waals surface area contributed by atoms with Gasteiger partial charge in [0.2, 0.25) is 11.8 Å². The van der Waals surface area contributed by atoms with Gasteiger partial charge in [0.05, 0.1) is 20.3 Å². The van der Waals surface area contributed by atoms with Crippen molar-refractivity contribution in [1.29, 1.82) is 0 Å². The van der Waals surface area contributed by atoms with Crippen LogP contribution < -0.4 is 14.8 Å². The molecule has 6 heteroatoms. The van der Waals surface area contributed by atoms with Crippen LogP contribution in [-0.4, -0.2) is 51.1 Å². The molecule has 1 aromatic carbocycles. The zero-order valence-corrected chi connectivity index (χ0v) is 15.0. The van der Waals surface area contributed by atoms with Crippen molar-refractivity contribution in [1.82, 2.24) is 10.2 Å². The summed E-state index contributed by atoms with van der Waals surface area (Å²) in [4.78, 5) is 24.5. The highest BCUT2D eigenvalue weighted by molar-refractivity contribution is 5.94. The van der Waals surface area contributed by atoms with Gasteiger partial charge in [0.25, 0.3) is 0 Å². The number of nitrogens with one attached hydrogen (secondary N) is 1. The van der Waals surface area contributed by atoms with Crippen molar-refractivity contribution in [2.24, 2.45) is 5.92 Å². The summed E-state index contributed by atoms with van der Waals surface area (Å²) in [6.07, 6.45) is 3.04. The van der Waals surface area contributed by atoms with Crippen molar-refractivity contribution in [3.05, 3.63) is 29.8 Å². The second-order valence-corrected chi connectivity index (χ2v) is 5.95. The van der Waals surface area contributed by atoms with E-state index >= 15 is 0 Å². The fraction of sp³-hybridized carbons (Fsp3) is 0.444. The molecule has 0 aromatic heterocycles. The van der Waals surface area contributed by atoms with Crippen LogP contribution in [-0.2, 0) is 9.59 Å². The Bertz CT molecular complexity index is 595. The lowest BCUT2D eigenvalue weighted by atomic mass is 10.2. The largest absolute Gasteiger partial charge is 0.493 e. The van der Waals surface area contributed by atoms with E-state index < -0.39 is 0 Å². The average Bonchev–Trinajstić information content (AvgIpc) is 2.55. The summed E-state index contributed by atoms with van der Waals surface area (Å²) in [5.74, 6) is 1.21. The van der Waals surface area contributed by atoms with Gasteiger partial charge in [0.15, 0.2) is 11.5 Å². The van der Waals surface area contributed by atoms with E-state index in [9.17, 15) is 9.59 Å². The van der Waals surface area contributed by atoms with E-state index in [2.05, 4.69) is 19.2 Å². The number of hydrogen-bond donors (Lipinski definition) is 1. The molecule has 2 amide bonds. The Morgan fingerprint density at radius 1 is 1.25 bits per heavy atom. The van der Waals surface area contributed by atoms with Crippen LogP contribution in [0.15, 0.2) is 24.3 Å². The van der Waals surface area contributed by atoms with Gasteiger partial charge in [0.1, 0.15) is 0 Å². The lowest BCUT2D eigenvalue weighted by Gasteiger charge is -2.12. The number of benzene rings is 1. The molecule has 0 aliphatic carbocycles. The number of rotatable bonds is 8. The minimum atomic E-state index is -0.329. The zero-order valence-electron chi connectivity index (χ0n) is 15.0. The molecule has 132 valence electrons. The number of carbonyl (C=O) groups is 2. The van der Waals surface area contributed by atoms with Crippen molar-refractivity contribution in [3.63, 3.8) is 0 Å². The summed E-state index contributed by atoms with van der Waals surface area (Å²) >= 11 is 0. The predicted molar refractivity (Wildman–Crippen MR) is 94.1 cm³/mol. The number of amides is 2. The van der Waals surface area contributed by atoms with Crippen LogP contribution >= 0.6 is 0 Å². The molecule has 0 unspecified atom stereocenters. The first-order valence-corrected chi connectivity index (χ1v) is 7.80. The minimum Gasteiger partial charge on any atom is -0.493 e. The van der Waals surface area contributed by atoms with E-state index in [1.54, 1.807) is 33.3 Å². The third-order valence-electron chi connectivity index (χ3n) is 3.10. The minimum absolute atomic E-state index is 0.0263. The van der Waals surface area contributed by atoms with Gasteiger partial charge in [-0.05, 0) is 29.7 Å². The molecule has 0 spiro atoms. The zero-order chi connectivity index (χ0) is 18.1. The van der Waals surface area contributed by atoms with Crippen LogP contribution in [0, 0.1) is 5.92 Å². The summed E-state index contributed by atoms with van der Waals surface area (Å²) in [6.45, 7) is 4.72. The van der Waals surface area contributed by atoms with Gasteiger partial charge in [-0.1, -0.05) is 19.9 Å². The number of carbonyl (C=O) groups excluding carboxylic acids is 2. The molecule has 0 bridgehead atoms. The molecule has 0 heterocycles. The highest BCUT2D eigenvalue weighted by Gasteiger charge is 2.07. The molecule has 0 aliphatic heterocycles. The van der Waals surface area contributed by atoms with Crippen molar-refractivity contribution >= 4 is 17.9 Å². The van der Waals surface area contributed by atoms with E-state index in [4.69, 9.17) is 9.47 Å². The summed E-state index contributed by atoms with van der Waals surface area (Å²) in [5, 5.41) is 2.53. The Labute approximate surface area is 143 Å². The summed E-state index contributed by atoms with van der Waals surface area (Å²) < 4.78 is 11.0. The lowest BCUT2D eigenvalue weighted by molar-refractivity contribution is -0.129. The van der Waals surface area contributed by atoms with Crippen LogP contribution in [0.1, 0.15) is 19.4 Å². The molecule has 1 rings (SSSR count). The van der Waals surface area contributed by atoms with Gasteiger partial charge in [-0.15, -0.1) is 0 Å². The van der Waals surface area contributed by atoms with Gasteiger partial charge < -0.3 is 19.7 Å². The monoisotopic (exact) mass is 334 g/mol. The number of hydrogen-bond acceptors (Lipinski definition) is 4. The maximum atomic E-state index is 11.7. The molecule has 0 fully saturated rings. The molecule has 1 aromatic rings. The number of ether oxygens (including phenoxy) is 2. The Morgan fingerprint density at radius 3 is 2.54 bits per heavy atom. The third kappa shape index (κ3) is 6.73. The third-order valence-corrected chi connectivity index (χ3v) is 3.10. The van der Waals surface area contributed by atoms with Crippen LogP contribution in [0.2, 0.25) is 0 Å². The topological polar surface area (TPSA) is 67.9 Å². The van der Waals surface area contributed by atoms with Gasteiger partial charge in [-0.3, -0.25) is 9.59 Å². The number of likely N-dealkylation sites (N-methyl/N-ethyl adjacent to an activating group) is 1. The van der Waals surface area contributed by atoms with Crippen LogP contribution in [0.3, 0.4) is 0 Å². The molecule has 0 saturated carbocycles. The average molecular weight is 334 g/mol. The molecule has 0 radical (unpaired) electrons. The first-order valence-electron chi connectivity index (χ1n) is 7.80. The van der Waals surface area contributed by atoms with Crippen molar-refractivity contribution in [2.45, 2.75) is 13.8 Å². The fourth-order valence-corrected chi connectivity index (χ4v) is 1.72. The van der Waals surface area contributed by atoms with E-state index in [0.29, 0.717) is 24.0 Å². The van der Waals surface area contributed by atoms with Crippen LogP contribution in [0.25, 0.3) is 6.08 Å². The Hall–Kier alpha value is -2.50. The Kier molecular flexibility index (Phi) is 7.82. The van der Waals surface area contributed by atoms with Gasteiger partial charge in [0, 0.05) is 20.2 Å². The second kappa shape index (κ2) is 9.60. The Morgan fingerprint density at radius 2 is 1.96 bits per heavy atom. The fourth-order valence-electron chi connectivity index (χ4n) is 1.72. The standard InChI is InChI=1S/C18H26N2O4/c1-13(2)12-24-15-8-6-14(10-16(15)23-5)7-9-17(21)19-11-18(22)20(3)4/h6-10,13H,11-12H2,1-5H3,(H,19,21)/b9-7+. The van der Waals surface area contributed by atoms with Crippen molar-refractivity contribution in [3.8, 4) is 11.5 Å². The summed E-state index contributed by atoms with van der Waals surface area (Å²) in [6, 6.07) is 5.45. The smallest absolute Gasteiger partial charge is 0.244 e. The summed E-state index contributed by atoms with van der Waals surface area (Å²) in [5.41, 5.74) is 0.804. The van der Waals surface area contributed by atoms with Gasteiger partial charge >= 0.3 is 0 Å². The maximum Gasteiger partial charge on any atom is 0.244 e. The first-order chi connectivity index (χ1) is 11.3. The molecule has 0 aliphatic rings. The van der Waals surface area contributed by atoms with Crippen LogP contribution in [0.5, 0.6) is 11.5 Å². The van der Waals surface area contributed by atoms with E-state index in [-0.39, 0.29) is 18.4 Å². The molecule has 6 nitrogen and oxygen atoms in total. The van der Waals surface area contributed by atoms with Crippen LogP contribution in [0.4, 0.5) is 0 Å². The summed E-state index contributed by atoms with van der Waals surface area (Å²) in [7, 11) is 4.85. The Balaban J connectivity index is 2.67. The highest BCUT2D eigenvalue weighted by Crippen LogP contribution is 2.28. The number of nitrogens with zero attached hydrogens (tertiary/aromatic N) is 1. The SMILES string of the molecule is COc1cc(/C=C/C(=O)NCC(=O)N(C)C)ccc1OCC(C)C. The van der Waals surface area contributed by atoms with Gasteiger partial charge in [-0.2, -0.15) is 0 Å². The van der Waals surface area contributed by atoms with Crippen molar-refractivity contribution < 1.29 is 19.1 Å². The van der Waals surface area contributed by atoms with E-state index in [1.165, 1.54) is 11.0 Å². The molecule has 1 N–H and O–H groups in total. The molecular formula is C18H26N2O4. The normalized spacial score (nSPS) is 10.8. The molecule has 0 atom stereocenters. The van der Waals surface area contributed by atoms with Gasteiger partial charge in [-0.25, -0.2) is 0 Å². The maximum absolute atomic E-state index is 11.7. The van der Waals surface area contributed by atoms with E-state index in [1.807, 2.05) is 12.1 Å². The quantitative estimate of drug-likeness (QED) is 0.738. The first kappa shape index (κ1) is 19.5. The second-order valence-electron chi connectivity index (χ2n) is 5.95. The number of methoxy groups -OCH3 is 1. The molecular weight excluding hydrogens is 308 g/mol. The van der Waals surface area contributed by atoms with E-state index in [0.717, 1.165) is 5.56 Å². The predicted octanol–water partition coefficient (Wildman–Crippen LogP) is 1.95. The highest BCUT2D eigenvalue weighted by atomic mass is 16.5. The molecule has 24 heavy (non-hydrogen) atoms. The molecule has 0 saturated heterocycles. The lowest BCUT2D eigenvalue weighted by Crippen LogP contribution is -2.35. The van der Waals surface area contributed by atoms with Crippen molar-refractivity contribution in [2.75, 3.05) is 34.4 Å².